The van der Waals surface area contributed by atoms with E-state index < -0.39 is 16.1 Å². The highest BCUT2D eigenvalue weighted by Crippen LogP contribution is 2.34. The van der Waals surface area contributed by atoms with E-state index in [1.807, 2.05) is 27.8 Å². The first-order chi connectivity index (χ1) is 16.1. The number of benzene rings is 1. The van der Waals surface area contributed by atoms with E-state index in [0.717, 1.165) is 5.56 Å². The molecule has 9 heteroatoms. The quantitative estimate of drug-likeness (QED) is 0.627. The number of aromatic nitrogens is 2. The van der Waals surface area contributed by atoms with Crippen molar-refractivity contribution in [2.45, 2.75) is 51.3 Å². The van der Waals surface area contributed by atoms with Crippen LogP contribution in [0.15, 0.2) is 41.8 Å². The van der Waals surface area contributed by atoms with Crippen LogP contribution in [0.2, 0.25) is 0 Å². The highest BCUT2D eigenvalue weighted by molar-refractivity contribution is 7.89. The molecule has 0 unspecified atom stereocenters. The molecule has 1 aromatic heterocycles. The Hall–Kier alpha value is -2.51. The van der Waals surface area contributed by atoms with Gasteiger partial charge in [-0.05, 0) is 32.2 Å². The molecule has 1 N–H and O–H groups in total. The van der Waals surface area contributed by atoms with Gasteiger partial charge < -0.3 is 9.84 Å². The minimum Gasteiger partial charge on any atom is -0.487 e. The summed E-state index contributed by atoms with van der Waals surface area (Å²) in [5.74, 6) is 6.57. The summed E-state index contributed by atoms with van der Waals surface area (Å²) >= 11 is 0. The number of aliphatic hydroxyl groups is 1. The van der Waals surface area contributed by atoms with Gasteiger partial charge in [-0.2, -0.15) is 4.31 Å². The minimum atomic E-state index is -3.87. The summed E-state index contributed by atoms with van der Waals surface area (Å²) in [4.78, 5) is 10.3. The summed E-state index contributed by atoms with van der Waals surface area (Å²) in [7, 11) is -1.88. The molecule has 2 aromatic rings. The molecule has 0 radical (unpaired) electrons. The summed E-state index contributed by atoms with van der Waals surface area (Å²) in [6, 6.07) is 4.42. The van der Waals surface area contributed by atoms with E-state index >= 15 is 0 Å². The molecule has 0 saturated heterocycles. The molecule has 0 saturated carbocycles. The second kappa shape index (κ2) is 11.3. The van der Waals surface area contributed by atoms with Crippen molar-refractivity contribution in [3.05, 3.63) is 48.0 Å². The van der Waals surface area contributed by atoms with Crippen molar-refractivity contribution in [1.82, 2.24) is 19.2 Å². The SMILES string of the molecule is CC(C)C#Cc1ccc2c(c1)O[C@H](CN(C)Cc1cncnc1)[C@H](C)CN([C@@H](C)CO)S2(=O)=O. The van der Waals surface area contributed by atoms with Crippen LogP contribution in [0, 0.1) is 23.7 Å². The average Bonchev–Trinajstić information content (AvgIpc) is 2.80. The van der Waals surface area contributed by atoms with Crippen molar-refractivity contribution in [2.75, 3.05) is 26.7 Å². The van der Waals surface area contributed by atoms with E-state index in [0.29, 0.717) is 24.4 Å². The maximum Gasteiger partial charge on any atom is 0.247 e. The van der Waals surface area contributed by atoms with Gasteiger partial charge in [0, 0.05) is 61.0 Å². The van der Waals surface area contributed by atoms with Crippen molar-refractivity contribution in [1.29, 1.82) is 0 Å². The van der Waals surface area contributed by atoms with Gasteiger partial charge in [0.1, 0.15) is 23.1 Å². The lowest BCUT2D eigenvalue weighted by atomic mass is 10.0. The monoisotopic (exact) mass is 486 g/mol. The minimum absolute atomic E-state index is 0.0962. The van der Waals surface area contributed by atoms with Gasteiger partial charge in [-0.25, -0.2) is 18.4 Å². The summed E-state index contributed by atoms with van der Waals surface area (Å²) in [6.45, 7) is 8.87. The molecule has 2 heterocycles. The Morgan fingerprint density at radius 1 is 1.26 bits per heavy atom. The van der Waals surface area contributed by atoms with Crippen LogP contribution in [0.5, 0.6) is 5.75 Å². The summed E-state index contributed by atoms with van der Waals surface area (Å²) in [5.41, 5.74) is 1.68. The zero-order valence-electron chi connectivity index (χ0n) is 20.5. The second-order valence-corrected chi connectivity index (χ2v) is 11.1. The van der Waals surface area contributed by atoms with E-state index in [-0.39, 0.29) is 36.0 Å². The Balaban J connectivity index is 1.99. The van der Waals surface area contributed by atoms with E-state index in [1.165, 1.54) is 10.6 Å². The highest BCUT2D eigenvalue weighted by atomic mass is 32.2. The zero-order valence-corrected chi connectivity index (χ0v) is 21.3. The van der Waals surface area contributed by atoms with Crippen molar-refractivity contribution >= 4 is 10.0 Å². The van der Waals surface area contributed by atoms with Crippen molar-refractivity contribution < 1.29 is 18.3 Å². The fourth-order valence-electron chi connectivity index (χ4n) is 3.84. The molecule has 3 rings (SSSR count). The molecule has 1 aromatic carbocycles. The van der Waals surface area contributed by atoms with Crippen LogP contribution in [-0.2, 0) is 16.6 Å². The van der Waals surface area contributed by atoms with E-state index in [2.05, 4.69) is 26.7 Å². The third kappa shape index (κ3) is 6.33. The number of ether oxygens (including phenoxy) is 1. The molecule has 0 fully saturated rings. The molecule has 0 aliphatic carbocycles. The predicted molar refractivity (Wildman–Crippen MR) is 131 cm³/mol. The van der Waals surface area contributed by atoms with E-state index in [1.54, 1.807) is 37.5 Å². The van der Waals surface area contributed by atoms with Crippen LogP contribution in [0.4, 0.5) is 0 Å². The Labute approximate surface area is 203 Å². The maximum absolute atomic E-state index is 13.5. The number of aliphatic hydroxyl groups excluding tert-OH is 1. The van der Waals surface area contributed by atoms with Crippen LogP contribution in [-0.4, -0.2) is 71.6 Å². The molecule has 0 bridgehead atoms. The van der Waals surface area contributed by atoms with Gasteiger partial charge >= 0.3 is 0 Å². The van der Waals surface area contributed by atoms with Crippen LogP contribution in [0.3, 0.4) is 0 Å². The lowest BCUT2D eigenvalue weighted by Crippen LogP contribution is -2.49. The molecule has 0 amide bonds. The van der Waals surface area contributed by atoms with Crippen LogP contribution in [0.25, 0.3) is 0 Å². The lowest BCUT2D eigenvalue weighted by Gasteiger charge is -2.37. The summed E-state index contributed by atoms with van der Waals surface area (Å²) in [5, 5.41) is 9.78. The predicted octanol–water partition coefficient (Wildman–Crippen LogP) is 2.38. The van der Waals surface area contributed by atoms with Gasteiger partial charge in [0.05, 0.1) is 6.61 Å². The maximum atomic E-state index is 13.5. The van der Waals surface area contributed by atoms with Gasteiger partial charge in [0.15, 0.2) is 0 Å². The molecule has 8 nitrogen and oxygen atoms in total. The number of nitrogens with zero attached hydrogens (tertiary/aromatic N) is 4. The standard InChI is InChI=1S/C25H34N4O4S/c1-18(2)6-7-21-8-9-25-23(10-21)33-24(15-28(5)14-22-11-26-17-27-12-22)19(3)13-29(20(4)16-30)34(25,31)32/h8-12,17-20,24,30H,13-16H2,1-5H3/t19-,20+,24-/m1/s1. The number of rotatable bonds is 6. The fraction of sp³-hybridized carbons (Fsp3) is 0.520. The largest absolute Gasteiger partial charge is 0.487 e. The Morgan fingerprint density at radius 3 is 2.62 bits per heavy atom. The fourth-order valence-corrected chi connectivity index (χ4v) is 5.67. The molecular weight excluding hydrogens is 452 g/mol. The Bertz CT molecular complexity index is 1130. The summed E-state index contributed by atoms with van der Waals surface area (Å²) < 4.78 is 34.9. The number of likely N-dealkylation sites (N-methyl/N-ethyl adjacent to an activating group) is 1. The topological polar surface area (TPSA) is 95.9 Å². The van der Waals surface area contributed by atoms with Crippen LogP contribution >= 0.6 is 0 Å². The number of hydrogen-bond donors (Lipinski definition) is 1. The van der Waals surface area contributed by atoms with Crippen molar-refractivity contribution in [3.8, 4) is 17.6 Å². The van der Waals surface area contributed by atoms with Gasteiger partial charge in [0.25, 0.3) is 0 Å². The van der Waals surface area contributed by atoms with Gasteiger partial charge in [0.2, 0.25) is 10.0 Å². The smallest absolute Gasteiger partial charge is 0.247 e. The first-order valence-corrected chi connectivity index (χ1v) is 12.9. The van der Waals surface area contributed by atoms with Gasteiger partial charge in [-0.15, -0.1) is 0 Å². The molecule has 0 spiro atoms. The zero-order chi connectivity index (χ0) is 24.9. The number of sulfonamides is 1. The average molecular weight is 487 g/mol. The van der Waals surface area contributed by atoms with Crippen LogP contribution < -0.4 is 4.74 Å². The lowest BCUT2D eigenvalue weighted by molar-refractivity contribution is 0.0733. The van der Waals surface area contributed by atoms with Crippen molar-refractivity contribution in [2.24, 2.45) is 11.8 Å². The molecule has 34 heavy (non-hydrogen) atoms. The van der Waals surface area contributed by atoms with Crippen molar-refractivity contribution in [3.63, 3.8) is 0 Å². The van der Waals surface area contributed by atoms with Crippen LogP contribution in [0.1, 0.15) is 38.8 Å². The van der Waals surface area contributed by atoms with Gasteiger partial charge in [-0.1, -0.05) is 32.6 Å². The first kappa shape index (κ1) is 26.1. The molecule has 1 aliphatic rings. The van der Waals surface area contributed by atoms with E-state index in [9.17, 15) is 13.5 Å². The molecule has 1 aliphatic heterocycles. The van der Waals surface area contributed by atoms with Gasteiger partial charge in [-0.3, -0.25) is 4.90 Å². The Morgan fingerprint density at radius 2 is 1.97 bits per heavy atom. The summed E-state index contributed by atoms with van der Waals surface area (Å²) in [6.07, 6.45) is 4.76. The third-order valence-electron chi connectivity index (χ3n) is 5.73. The number of hydrogen-bond acceptors (Lipinski definition) is 7. The first-order valence-electron chi connectivity index (χ1n) is 11.5. The second-order valence-electron chi connectivity index (χ2n) is 9.27. The third-order valence-corrected chi connectivity index (χ3v) is 7.75. The Kier molecular flexibility index (Phi) is 8.66. The molecule has 184 valence electrons. The number of fused-ring (bicyclic) bond motifs is 1. The normalized spacial score (nSPS) is 21.1. The molecular formula is C25H34N4O4S. The van der Waals surface area contributed by atoms with E-state index in [4.69, 9.17) is 4.74 Å². The molecule has 3 atom stereocenters. The highest BCUT2D eigenvalue weighted by Gasteiger charge is 2.38.